The van der Waals surface area contributed by atoms with Crippen molar-refractivity contribution in [3.8, 4) is 17.2 Å². The summed E-state index contributed by atoms with van der Waals surface area (Å²) >= 11 is 3.00. The van der Waals surface area contributed by atoms with Crippen LogP contribution in [0.5, 0.6) is 17.2 Å². The van der Waals surface area contributed by atoms with E-state index in [9.17, 15) is 34.8 Å². The van der Waals surface area contributed by atoms with Crippen LogP contribution in [0.25, 0.3) is 0 Å². The molecule has 3 aromatic carbocycles. The fourth-order valence-corrected chi connectivity index (χ4v) is 15.2. The molecule has 0 bridgehead atoms. The number of aliphatic hydroxyl groups is 3. The van der Waals surface area contributed by atoms with Crippen molar-refractivity contribution in [1.29, 1.82) is 0 Å². The van der Waals surface area contributed by atoms with Crippen molar-refractivity contribution in [2.45, 2.75) is 158 Å². The molecule has 7 rings (SSSR count). The number of ether oxygens (including phenoxy) is 6. The fraction of sp³-hybridized carbons (Fsp3) is 0.649. The molecule has 0 aromatic heterocycles. The lowest BCUT2D eigenvalue weighted by molar-refractivity contribution is -0.160. The SMILES string of the molecule is Br.COc1cc(C)c(S(=O)(=O)N(CCO)C2CC2)c(C)c1.COc1cc(C)c(S(=O)(=O)N(CCOCC(=O)O)C2CC2)c(C)c1.COc1cc(C)c(S(=O)(=O)N(CCOCC(=O)OC(C)(C)C)C2CC2)c(C)c1.OCCBr.OCCNC1CC1. The average molecular weight is 1380 g/mol. The van der Waals surface area contributed by atoms with Gasteiger partial charge in [0.15, 0.2) is 0 Å². The van der Waals surface area contributed by atoms with E-state index in [4.69, 9.17) is 48.8 Å². The van der Waals surface area contributed by atoms with Gasteiger partial charge in [0, 0.05) is 55.7 Å². The van der Waals surface area contributed by atoms with Gasteiger partial charge in [0.25, 0.3) is 0 Å². The topological polar surface area (TPSA) is 295 Å². The van der Waals surface area contributed by atoms with Crippen LogP contribution in [0, 0.1) is 41.5 Å². The van der Waals surface area contributed by atoms with Crippen LogP contribution in [0.3, 0.4) is 0 Å². The van der Waals surface area contributed by atoms with E-state index in [-0.39, 0.29) is 99.3 Å². The molecular formula is C57H92Br2N4O18S3. The largest absolute Gasteiger partial charge is 0.497 e. The van der Waals surface area contributed by atoms with Crippen molar-refractivity contribution in [3.05, 3.63) is 69.8 Å². The number of aryl methyl sites for hydroxylation is 6. The zero-order valence-corrected chi connectivity index (χ0v) is 56.5. The number of carboxylic acids is 1. The number of esters is 1. The van der Waals surface area contributed by atoms with E-state index in [2.05, 4.69) is 21.2 Å². The Balaban J connectivity index is 0.000000394. The highest BCUT2D eigenvalue weighted by molar-refractivity contribution is 9.09. The molecule has 3 aromatic rings. The molecule has 0 atom stereocenters. The first kappa shape index (κ1) is 76.5. The molecule has 0 unspecified atom stereocenters. The molecule has 4 aliphatic carbocycles. The van der Waals surface area contributed by atoms with Gasteiger partial charge in [-0.25, -0.2) is 34.8 Å². The number of sulfonamides is 3. The Kier molecular flexibility index (Phi) is 32.9. The van der Waals surface area contributed by atoms with Gasteiger partial charge in [-0.1, -0.05) is 15.9 Å². The quantitative estimate of drug-likeness (QED) is 0.0293. The number of methoxy groups -OCH3 is 3. The number of alkyl halides is 1. The molecule has 27 heteroatoms. The third kappa shape index (κ3) is 24.9. The van der Waals surface area contributed by atoms with Crippen molar-refractivity contribution >= 4 is 74.9 Å². The summed E-state index contributed by atoms with van der Waals surface area (Å²) in [4.78, 5) is 23.1. The number of rotatable bonds is 28. The van der Waals surface area contributed by atoms with Gasteiger partial charge < -0.3 is 54.2 Å². The Morgan fingerprint density at radius 3 is 1.10 bits per heavy atom. The molecule has 4 saturated carbocycles. The minimum atomic E-state index is -3.67. The molecule has 0 saturated heterocycles. The summed E-state index contributed by atoms with van der Waals surface area (Å²) in [6.45, 7) is 17.1. The van der Waals surface area contributed by atoms with E-state index in [1.54, 1.807) is 120 Å². The van der Waals surface area contributed by atoms with Crippen LogP contribution in [0.4, 0.5) is 0 Å². The Morgan fingerprint density at radius 1 is 0.548 bits per heavy atom. The van der Waals surface area contributed by atoms with Gasteiger partial charge in [0.1, 0.15) is 36.1 Å². The number of nitrogens with one attached hydrogen (secondary N) is 1. The van der Waals surface area contributed by atoms with Gasteiger partial charge in [0.2, 0.25) is 30.1 Å². The van der Waals surface area contributed by atoms with E-state index in [0.717, 1.165) is 51.1 Å². The number of halogens is 2. The van der Waals surface area contributed by atoms with Crippen LogP contribution < -0.4 is 19.5 Å². The number of hydrogen-bond donors (Lipinski definition) is 5. The van der Waals surface area contributed by atoms with Gasteiger partial charge in [0.05, 0.1) is 69.1 Å². The number of carbonyl (C=O) groups excluding carboxylic acids is 1. The number of carboxylic acid groups (broad SMARTS) is 1. The lowest BCUT2D eigenvalue weighted by Crippen LogP contribution is -2.37. The first-order valence-electron chi connectivity index (χ1n) is 27.7. The second-order valence-corrected chi connectivity index (χ2v) is 27.8. The smallest absolute Gasteiger partial charge is 0.332 e. The maximum atomic E-state index is 13.3. The summed E-state index contributed by atoms with van der Waals surface area (Å²) in [7, 11) is -6.26. The Labute approximate surface area is 517 Å². The van der Waals surface area contributed by atoms with Crippen molar-refractivity contribution in [1.82, 2.24) is 18.2 Å². The van der Waals surface area contributed by atoms with E-state index in [1.165, 1.54) is 25.8 Å². The van der Waals surface area contributed by atoms with Gasteiger partial charge in [-0.2, -0.15) is 12.9 Å². The minimum absolute atomic E-state index is 0. The highest BCUT2D eigenvalue weighted by atomic mass is 79.9. The molecule has 480 valence electrons. The van der Waals surface area contributed by atoms with E-state index >= 15 is 0 Å². The van der Waals surface area contributed by atoms with Crippen LogP contribution in [0.1, 0.15) is 106 Å². The summed E-state index contributed by atoms with van der Waals surface area (Å²) in [5.41, 5.74) is 3.32. The van der Waals surface area contributed by atoms with Gasteiger partial charge in [-0.05, 0) is 183 Å². The van der Waals surface area contributed by atoms with E-state index in [0.29, 0.717) is 65.8 Å². The summed E-state index contributed by atoms with van der Waals surface area (Å²) < 4.78 is 114. The molecule has 0 spiro atoms. The Bertz CT molecular complexity index is 2830. The maximum Gasteiger partial charge on any atom is 0.332 e. The predicted molar refractivity (Wildman–Crippen MR) is 330 cm³/mol. The average Bonchev–Trinajstić information content (AvgIpc) is 4.32. The van der Waals surface area contributed by atoms with Gasteiger partial charge in [-0.15, -0.1) is 17.0 Å². The Hall–Kier alpha value is -3.55. The van der Waals surface area contributed by atoms with Crippen LogP contribution in [0.2, 0.25) is 0 Å². The first-order valence-corrected chi connectivity index (χ1v) is 33.2. The standard InChI is InChI=1S/C20H31NO6S.C16H23NO6S.C14H21NO4S.C5H11NO.C2H5BrO.BrH/c1-14-11-17(25-6)12-15(2)19(14)28(23,24)21(16-7-8-16)9-10-26-13-18(22)27-20(3,4)5;1-11-8-14(22-3)9-12(2)16(11)24(20,21)17(13-4-5-13)6-7-23-10-15(18)19;1-10-8-13(19-3)9-11(2)14(10)20(17,18)15(6-7-16)12-4-5-12;7-4-3-6-5-1-2-5;3-1-2-4;/h11-12,16H,7-10,13H2,1-6H3;8-9,13H,4-7,10H2,1-3H3,(H,18,19);8-9,12,16H,4-7H2,1-3H3;5-7H,1-4H2;4H,1-2H2;1H. The number of nitrogens with zero attached hydrogens (tertiary/aromatic N) is 3. The molecular weight excluding hydrogens is 1280 g/mol. The van der Waals surface area contributed by atoms with Gasteiger partial charge in [-0.3, -0.25) is 0 Å². The van der Waals surface area contributed by atoms with Crippen molar-refractivity contribution in [2.75, 3.05) is 99.1 Å². The Morgan fingerprint density at radius 2 is 0.857 bits per heavy atom. The number of aliphatic hydroxyl groups excluding tert-OH is 3. The summed E-state index contributed by atoms with van der Waals surface area (Å²) in [6.07, 6.45) is 7.64. The fourth-order valence-electron chi connectivity index (χ4n) is 8.89. The molecule has 84 heavy (non-hydrogen) atoms. The molecule has 4 aliphatic rings. The zero-order valence-electron chi connectivity index (χ0n) is 50.8. The molecule has 0 aliphatic heterocycles. The third-order valence-corrected chi connectivity index (χ3v) is 20.0. The van der Waals surface area contributed by atoms with Crippen LogP contribution in [0.15, 0.2) is 51.1 Å². The normalized spacial score (nSPS) is 15.0. The summed E-state index contributed by atoms with van der Waals surface area (Å²) in [6, 6.07) is 11.0. The molecule has 22 nitrogen and oxygen atoms in total. The highest BCUT2D eigenvalue weighted by Crippen LogP contribution is 2.38. The highest BCUT2D eigenvalue weighted by Gasteiger charge is 2.42. The second-order valence-electron chi connectivity index (χ2n) is 21.5. The number of hydrogen-bond acceptors (Lipinski definition) is 18. The molecule has 5 N–H and O–H groups in total. The van der Waals surface area contributed by atoms with Crippen molar-refractivity contribution < 1.29 is 83.7 Å². The lowest BCUT2D eigenvalue weighted by atomic mass is 10.1. The predicted octanol–water partition coefficient (Wildman–Crippen LogP) is 6.53. The van der Waals surface area contributed by atoms with Crippen LogP contribution in [-0.4, -0.2) is 199 Å². The second kappa shape index (κ2) is 36.1. The summed E-state index contributed by atoms with van der Waals surface area (Å²) in [5, 5.41) is 37.7. The summed E-state index contributed by atoms with van der Waals surface area (Å²) in [5.74, 6) is 0.367. The molecule has 0 radical (unpaired) electrons. The van der Waals surface area contributed by atoms with E-state index in [1.807, 2.05) is 0 Å². The van der Waals surface area contributed by atoms with Crippen molar-refractivity contribution in [2.24, 2.45) is 0 Å². The first-order chi connectivity index (χ1) is 39.0. The third-order valence-electron chi connectivity index (χ3n) is 12.9. The maximum absolute atomic E-state index is 13.3. The number of benzene rings is 3. The van der Waals surface area contributed by atoms with Crippen molar-refractivity contribution in [3.63, 3.8) is 0 Å². The van der Waals surface area contributed by atoms with Gasteiger partial charge >= 0.3 is 11.9 Å². The van der Waals surface area contributed by atoms with Crippen LogP contribution in [-0.2, 0) is 53.9 Å². The molecule has 0 amide bonds. The minimum Gasteiger partial charge on any atom is -0.497 e. The number of carbonyl (C=O) groups is 2. The van der Waals surface area contributed by atoms with Crippen LogP contribution >= 0.6 is 32.9 Å². The number of aliphatic carboxylic acids is 1. The molecule has 0 heterocycles. The molecule has 4 fully saturated rings. The monoisotopic (exact) mass is 1370 g/mol. The lowest BCUT2D eigenvalue weighted by Gasteiger charge is -2.24. The van der Waals surface area contributed by atoms with E-state index < -0.39 is 54.2 Å². The zero-order chi connectivity index (χ0) is 62.5.